The van der Waals surface area contributed by atoms with Crippen LogP contribution in [0.15, 0.2) is 23.1 Å². The Morgan fingerprint density at radius 3 is 2.71 bits per heavy atom. The van der Waals surface area contributed by atoms with Crippen LogP contribution in [-0.2, 0) is 16.6 Å². The van der Waals surface area contributed by atoms with Gasteiger partial charge in [0.1, 0.15) is 0 Å². The highest BCUT2D eigenvalue weighted by atomic mass is 35.5. The molecule has 0 bridgehead atoms. The Labute approximate surface area is 131 Å². The number of nitrogens with zero attached hydrogens (tertiary/aromatic N) is 2. The van der Waals surface area contributed by atoms with Crippen LogP contribution < -0.4 is 5.73 Å². The normalized spacial score (nSPS) is 21.6. The molecule has 1 heterocycles. The fourth-order valence-corrected chi connectivity index (χ4v) is 4.31. The molecule has 5 nitrogen and oxygen atoms in total. The zero-order valence-electron chi connectivity index (χ0n) is 12.4. The lowest BCUT2D eigenvalue weighted by Gasteiger charge is -2.38. The number of likely N-dealkylation sites (N-methyl/N-ethyl adjacent to an activating group) is 1. The van der Waals surface area contributed by atoms with Gasteiger partial charge in [0.25, 0.3) is 0 Å². The molecular formula is C14H22ClN3O2S. The molecule has 0 aliphatic carbocycles. The number of benzene rings is 1. The molecule has 1 saturated heterocycles. The average Bonchev–Trinajstić information content (AvgIpc) is 2.47. The van der Waals surface area contributed by atoms with Crippen LogP contribution in [0.2, 0.25) is 5.02 Å². The minimum atomic E-state index is -3.49. The first-order valence-corrected chi connectivity index (χ1v) is 8.90. The van der Waals surface area contributed by atoms with Gasteiger partial charge in [-0.05, 0) is 37.2 Å². The SMILES string of the molecule is CCC1CN(S(=O)(=O)c2ccc(Cl)c(CN)c2)CCN1C. The van der Waals surface area contributed by atoms with Crippen LogP contribution in [0.4, 0.5) is 0 Å². The van der Waals surface area contributed by atoms with Crippen LogP contribution in [0.5, 0.6) is 0 Å². The molecule has 0 radical (unpaired) electrons. The van der Waals surface area contributed by atoms with Crippen molar-refractivity contribution in [1.82, 2.24) is 9.21 Å². The van der Waals surface area contributed by atoms with Crippen molar-refractivity contribution in [2.75, 3.05) is 26.7 Å². The molecule has 7 heteroatoms. The zero-order chi connectivity index (χ0) is 15.6. The van der Waals surface area contributed by atoms with Crippen molar-refractivity contribution < 1.29 is 8.42 Å². The zero-order valence-corrected chi connectivity index (χ0v) is 14.0. The summed E-state index contributed by atoms with van der Waals surface area (Å²) < 4.78 is 27.1. The highest BCUT2D eigenvalue weighted by Gasteiger charge is 2.32. The third-order valence-corrected chi connectivity index (χ3v) is 6.32. The predicted molar refractivity (Wildman–Crippen MR) is 84.8 cm³/mol. The Morgan fingerprint density at radius 2 is 2.10 bits per heavy atom. The molecule has 1 aromatic rings. The summed E-state index contributed by atoms with van der Waals surface area (Å²) in [5.74, 6) is 0. The molecule has 1 fully saturated rings. The lowest BCUT2D eigenvalue weighted by atomic mass is 10.1. The molecule has 1 aliphatic heterocycles. The van der Waals surface area contributed by atoms with E-state index in [2.05, 4.69) is 11.8 Å². The molecule has 0 spiro atoms. The van der Waals surface area contributed by atoms with Gasteiger partial charge in [-0.2, -0.15) is 4.31 Å². The number of sulfonamides is 1. The number of nitrogens with two attached hydrogens (primary N) is 1. The predicted octanol–water partition coefficient (Wildman–Crippen LogP) is 1.51. The Morgan fingerprint density at radius 1 is 1.38 bits per heavy atom. The fourth-order valence-electron chi connectivity index (χ4n) is 2.59. The van der Waals surface area contributed by atoms with Gasteiger partial charge in [0.2, 0.25) is 10.0 Å². The smallest absolute Gasteiger partial charge is 0.243 e. The van der Waals surface area contributed by atoms with E-state index in [1.165, 1.54) is 0 Å². The van der Waals surface area contributed by atoms with Gasteiger partial charge in [0.05, 0.1) is 4.90 Å². The van der Waals surface area contributed by atoms with Crippen molar-refractivity contribution in [2.45, 2.75) is 30.8 Å². The van der Waals surface area contributed by atoms with Gasteiger partial charge in [-0.3, -0.25) is 0 Å². The standard InChI is InChI=1S/C14H22ClN3O2S/c1-3-12-10-18(7-6-17(12)2)21(19,20)13-4-5-14(15)11(8-13)9-16/h4-5,8,12H,3,6-7,9-10,16H2,1-2H3. The summed E-state index contributed by atoms with van der Waals surface area (Å²) in [4.78, 5) is 2.48. The molecule has 1 unspecified atom stereocenters. The number of piperazine rings is 1. The summed E-state index contributed by atoms with van der Waals surface area (Å²) in [7, 11) is -1.45. The largest absolute Gasteiger partial charge is 0.326 e. The summed E-state index contributed by atoms with van der Waals surface area (Å²) in [6.07, 6.45) is 0.928. The molecule has 0 amide bonds. The monoisotopic (exact) mass is 331 g/mol. The molecule has 1 atom stereocenters. The van der Waals surface area contributed by atoms with Crippen LogP contribution in [0.25, 0.3) is 0 Å². The molecule has 1 aliphatic rings. The summed E-state index contributed by atoms with van der Waals surface area (Å²) in [5.41, 5.74) is 6.26. The van der Waals surface area contributed by atoms with Gasteiger partial charge in [-0.25, -0.2) is 8.42 Å². The fraction of sp³-hybridized carbons (Fsp3) is 0.571. The van der Waals surface area contributed by atoms with Crippen LogP contribution >= 0.6 is 11.6 Å². The van der Waals surface area contributed by atoms with Crippen molar-refractivity contribution in [3.05, 3.63) is 28.8 Å². The van der Waals surface area contributed by atoms with Crippen LogP contribution in [0.1, 0.15) is 18.9 Å². The number of hydrogen-bond acceptors (Lipinski definition) is 4. The van der Waals surface area contributed by atoms with Crippen molar-refractivity contribution in [3.8, 4) is 0 Å². The Balaban J connectivity index is 2.30. The van der Waals surface area contributed by atoms with E-state index in [-0.39, 0.29) is 17.5 Å². The van der Waals surface area contributed by atoms with E-state index in [0.717, 1.165) is 13.0 Å². The number of hydrogen-bond donors (Lipinski definition) is 1. The van der Waals surface area contributed by atoms with Gasteiger partial charge in [-0.15, -0.1) is 0 Å². The van der Waals surface area contributed by atoms with Gasteiger partial charge >= 0.3 is 0 Å². The average molecular weight is 332 g/mol. The molecule has 1 aromatic carbocycles. The quantitative estimate of drug-likeness (QED) is 0.908. The van der Waals surface area contributed by atoms with Crippen LogP contribution in [0.3, 0.4) is 0 Å². The Kier molecular flexibility index (Phi) is 5.27. The molecule has 0 aromatic heterocycles. The highest BCUT2D eigenvalue weighted by molar-refractivity contribution is 7.89. The topological polar surface area (TPSA) is 66.6 Å². The maximum atomic E-state index is 12.8. The van der Waals surface area contributed by atoms with Crippen molar-refractivity contribution >= 4 is 21.6 Å². The van der Waals surface area contributed by atoms with Crippen molar-refractivity contribution in [2.24, 2.45) is 5.73 Å². The summed E-state index contributed by atoms with van der Waals surface area (Å²) in [5, 5.41) is 0.501. The van der Waals surface area contributed by atoms with Gasteiger partial charge < -0.3 is 10.6 Å². The van der Waals surface area contributed by atoms with E-state index in [4.69, 9.17) is 17.3 Å². The first kappa shape index (κ1) is 16.7. The second-order valence-electron chi connectivity index (χ2n) is 5.36. The third kappa shape index (κ3) is 3.40. The maximum Gasteiger partial charge on any atom is 0.243 e. The van der Waals surface area contributed by atoms with Crippen molar-refractivity contribution in [3.63, 3.8) is 0 Å². The van der Waals surface area contributed by atoms with E-state index in [1.54, 1.807) is 22.5 Å². The third-order valence-electron chi connectivity index (χ3n) is 4.09. The Bertz CT molecular complexity index is 606. The number of rotatable bonds is 4. The minimum absolute atomic E-state index is 0.225. The van der Waals surface area contributed by atoms with E-state index in [1.807, 2.05) is 7.05 Å². The lowest BCUT2D eigenvalue weighted by molar-refractivity contribution is 0.144. The minimum Gasteiger partial charge on any atom is -0.326 e. The number of halogens is 1. The molecule has 21 heavy (non-hydrogen) atoms. The summed E-state index contributed by atoms with van der Waals surface area (Å²) >= 11 is 6.00. The second-order valence-corrected chi connectivity index (χ2v) is 7.71. The maximum absolute atomic E-state index is 12.8. The van der Waals surface area contributed by atoms with Gasteiger partial charge in [0, 0.05) is 37.2 Å². The van der Waals surface area contributed by atoms with Crippen LogP contribution in [-0.4, -0.2) is 50.3 Å². The molecule has 2 rings (SSSR count). The molecule has 0 saturated carbocycles. The second kappa shape index (κ2) is 6.62. The van der Waals surface area contributed by atoms with E-state index in [9.17, 15) is 8.42 Å². The van der Waals surface area contributed by atoms with E-state index in [0.29, 0.717) is 23.7 Å². The molecule has 2 N–H and O–H groups in total. The van der Waals surface area contributed by atoms with E-state index >= 15 is 0 Å². The van der Waals surface area contributed by atoms with Gasteiger partial charge in [-0.1, -0.05) is 18.5 Å². The highest BCUT2D eigenvalue weighted by Crippen LogP contribution is 2.24. The summed E-state index contributed by atoms with van der Waals surface area (Å²) in [6, 6.07) is 4.99. The lowest BCUT2D eigenvalue weighted by Crippen LogP contribution is -2.52. The van der Waals surface area contributed by atoms with Crippen molar-refractivity contribution in [1.29, 1.82) is 0 Å². The summed E-state index contributed by atoms with van der Waals surface area (Å²) in [6.45, 7) is 4.08. The molecular weight excluding hydrogens is 310 g/mol. The Hall–Kier alpha value is -0.660. The molecule has 118 valence electrons. The van der Waals surface area contributed by atoms with Crippen LogP contribution in [0, 0.1) is 0 Å². The first-order chi connectivity index (χ1) is 9.90. The van der Waals surface area contributed by atoms with Gasteiger partial charge in [0.15, 0.2) is 0 Å². The first-order valence-electron chi connectivity index (χ1n) is 7.09. The van der Waals surface area contributed by atoms with E-state index < -0.39 is 10.0 Å².